The number of hydrogen-bond acceptors (Lipinski definition) is 3. The normalized spacial score (nSPS) is 10.3. The first kappa shape index (κ1) is 13.1. The van der Waals surface area contributed by atoms with Crippen LogP contribution in [0, 0.1) is 0 Å². The Morgan fingerprint density at radius 3 is 2.50 bits per heavy atom. The van der Waals surface area contributed by atoms with Crippen molar-refractivity contribution in [2.24, 2.45) is 0 Å². The van der Waals surface area contributed by atoms with Gasteiger partial charge in [0.15, 0.2) is 5.78 Å². The fourth-order valence-electron chi connectivity index (χ4n) is 1.52. The Balaban J connectivity index is 1.96. The maximum atomic E-state index is 11.5. The van der Waals surface area contributed by atoms with E-state index in [-0.39, 0.29) is 5.78 Å². The largest absolute Gasteiger partial charge is 0.488 e. The molecule has 0 N–H and O–H groups in total. The molecule has 0 saturated carbocycles. The molecular weight excluding hydrogens is 268 g/mol. The lowest BCUT2D eigenvalue weighted by molar-refractivity contribution is 0.0988. The van der Waals surface area contributed by atoms with Crippen molar-refractivity contribution in [1.82, 2.24) is 0 Å². The summed E-state index contributed by atoms with van der Waals surface area (Å²) < 4.78 is 6.38. The molecule has 18 heavy (non-hydrogen) atoms. The minimum atomic E-state index is 0.145. The maximum absolute atomic E-state index is 11.5. The first-order valence-electron chi connectivity index (χ1n) is 5.69. The quantitative estimate of drug-likeness (QED) is 0.750. The summed E-state index contributed by atoms with van der Waals surface area (Å²) >= 11 is 7.34. The van der Waals surface area contributed by atoms with Crippen LogP contribution in [0.5, 0.6) is 5.75 Å². The fourth-order valence-corrected chi connectivity index (χ4v) is 2.53. The van der Waals surface area contributed by atoms with Crippen molar-refractivity contribution in [3.63, 3.8) is 0 Å². The first-order valence-corrected chi connectivity index (χ1v) is 6.88. The highest BCUT2D eigenvalue weighted by molar-refractivity contribution is 7.16. The summed E-state index contributed by atoms with van der Waals surface area (Å²) in [6.07, 6.45) is 0.522. The molecule has 1 aromatic carbocycles. The predicted molar refractivity (Wildman–Crippen MR) is 74.7 cm³/mol. The number of ketones is 1. The van der Waals surface area contributed by atoms with Crippen molar-refractivity contribution in [3.05, 3.63) is 51.2 Å². The Kier molecular flexibility index (Phi) is 4.39. The highest BCUT2D eigenvalue weighted by Gasteiger charge is 2.03. The number of hydrogen-bond donors (Lipinski definition) is 0. The minimum Gasteiger partial charge on any atom is -0.488 e. The van der Waals surface area contributed by atoms with E-state index in [1.165, 1.54) is 11.3 Å². The van der Waals surface area contributed by atoms with Gasteiger partial charge in [0.2, 0.25) is 0 Å². The van der Waals surface area contributed by atoms with Gasteiger partial charge in [0, 0.05) is 16.9 Å². The van der Waals surface area contributed by atoms with Crippen molar-refractivity contribution < 1.29 is 9.53 Å². The monoisotopic (exact) mass is 280 g/mol. The van der Waals surface area contributed by atoms with E-state index >= 15 is 0 Å². The van der Waals surface area contributed by atoms with Gasteiger partial charge in [0.1, 0.15) is 12.4 Å². The van der Waals surface area contributed by atoms with Gasteiger partial charge in [-0.25, -0.2) is 0 Å². The summed E-state index contributed by atoms with van der Waals surface area (Å²) in [7, 11) is 0. The maximum Gasteiger partial charge on any atom is 0.162 e. The molecule has 2 nitrogen and oxygen atoms in total. The molecule has 0 amide bonds. The molecule has 0 unspecified atom stereocenters. The molecule has 0 aliphatic carbocycles. The smallest absolute Gasteiger partial charge is 0.162 e. The standard InChI is InChI=1S/C14H13ClO2S/c1-2-13(16)10-3-5-11(6-4-10)17-9-12-7-8-14(15)18-12/h3-8H,2,9H2,1H3. The molecule has 0 radical (unpaired) electrons. The molecule has 2 aromatic rings. The zero-order valence-electron chi connectivity index (χ0n) is 9.98. The topological polar surface area (TPSA) is 26.3 Å². The van der Waals surface area contributed by atoms with Gasteiger partial charge < -0.3 is 4.74 Å². The third-order valence-electron chi connectivity index (χ3n) is 2.51. The number of carbonyl (C=O) groups excluding carboxylic acids is 1. The SMILES string of the molecule is CCC(=O)c1ccc(OCc2ccc(Cl)s2)cc1. The lowest BCUT2D eigenvalue weighted by Crippen LogP contribution is -1.97. The first-order chi connectivity index (χ1) is 8.69. The van der Waals surface area contributed by atoms with E-state index in [0.717, 1.165) is 20.5 Å². The molecule has 0 bridgehead atoms. The highest BCUT2D eigenvalue weighted by Crippen LogP contribution is 2.23. The Hall–Kier alpha value is -1.32. The van der Waals surface area contributed by atoms with Crippen LogP contribution in [0.1, 0.15) is 28.6 Å². The predicted octanol–water partition coefficient (Wildman–Crippen LogP) is 4.57. The van der Waals surface area contributed by atoms with Crippen molar-refractivity contribution in [3.8, 4) is 5.75 Å². The molecule has 0 saturated heterocycles. The molecular formula is C14H13ClO2S. The van der Waals surface area contributed by atoms with Crippen LogP contribution in [-0.4, -0.2) is 5.78 Å². The number of rotatable bonds is 5. The highest BCUT2D eigenvalue weighted by atomic mass is 35.5. The lowest BCUT2D eigenvalue weighted by Gasteiger charge is -2.05. The molecule has 0 fully saturated rings. The second-order valence-electron chi connectivity index (χ2n) is 3.80. The lowest BCUT2D eigenvalue weighted by atomic mass is 10.1. The van der Waals surface area contributed by atoms with Gasteiger partial charge in [-0.1, -0.05) is 18.5 Å². The van der Waals surface area contributed by atoms with Gasteiger partial charge in [-0.05, 0) is 36.4 Å². The molecule has 1 heterocycles. The summed E-state index contributed by atoms with van der Waals surface area (Å²) in [4.78, 5) is 12.5. The van der Waals surface area contributed by atoms with Crippen molar-refractivity contribution >= 4 is 28.7 Å². The van der Waals surface area contributed by atoms with Crippen LogP contribution < -0.4 is 4.74 Å². The number of halogens is 1. The zero-order chi connectivity index (χ0) is 13.0. The van der Waals surface area contributed by atoms with Gasteiger partial charge in [0.25, 0.3) is 0 Å². The van der Waals surface area contributed by atoms with Gasteiger partial charge in [-0.15, -0.1) is 11.3 Å². The van der Waals surface area contributed by atoms with E-state index in [0.29, 0.717) is 13.0 Å². The number of carbonyl (C=O) groups is 1. The van der Waals surface area contributed by atoms with E-state index in [9.17, 15) is 4.79 Å². The molecule has 1 aromatic heterocycles. The van der Waals surface area contributed by atoms with E-state index in [1.54, 1.807) is 12.1 Å². The van der Waals surface area contributed by atoms with E-state index in [4.69, 9.17) is 16.3 Å². The van der Waals surface area contributed by atoms with Crippen LogP contribution in [0.2, 0.25) is 4.34 Å². The van der Waals surface area contributed by atoms with Crippen molar-refractivity contribution in [2.45, 2.75) is 20.0 Å². The molecule has 0 atom stereocenters. The van der Waals surface area contributed by atoms with E-state index in [1.807, 2.05) is 31.2 Å². The van der Waals surface area contributed by atoms with Crippen molar-refractivity contribution in [1.29, 1.82) is 0 Å². The molecule has 2 rings (SSSR count). The average molecular weight is 281 g/mol. The zero-order valence-corrected chi connectivity index (χ0v) is 11.6. The molecule has 0 spiro atoms. The average Bonchev–Trinajstić information content (AvgIpc) is 2.82. The van der Waals surface area contributed by atoms with Crippen LogP contribution in [-0.2, 0) is 6.61 Å². The second-order valence-corrected chi connectivity index (χ2v) is 5.60. The minimum absolute atomic E-state index is 0.145. The van der Waals surface area contributed by atoms with Crippen molar-refractivity contribution in [2.75, 3.05) is 0 Å². The number of Topliss-reactive ketones (excluding diaryl/α,β-unsaturated/α-hetero) is 1. The van der Waals surface area contributed by atoms with Crippen LogP contribution >= 0.6 is 22.9 Å². The summed E-state index contributed by atoms with van der Waals surface area (Å²) in [6.45, 7) is 2.35. The Morgan fingerprint density at radius 1 is 1.22 bits per heavy atom. The Labute approximate surface area is 115 Å². The number of benzene rings is 1. The molecule has 0 aliphatic heterocycles. The third-order valence-corrected chi connectivity index (χ3v) is 3.71. The van der Waals surface area contributed by atoms with Crippen LogP contribution in [0.3, 0.4) is 0 Å². The molecule has 0 aliphatic rings. The summed E-state index contributed by atoms with van der Waals surface area (Å²) in [5, 5.41) is 0. The number of ether oxygens (including phenoxy) is 1. The van der Waals surface area contributed by atoms with Crippen LogP contribution in [0.4, 0.5) is 0 Å². The second kappa shape index (κ2) is 6.03. The van der Waals surface area contributed by atoms with E-state index < -0.39 is 0 Å². The van der Waals surface area contributed by atoms with Gasteiger partial charge in [-0.3, -0.25) is 4.79 Å². The fraction of sp³-hybridized carbons (Fsp3) is 0.214. The Morgan fingerprint density at radius 2 is 1.94 bits per heavy atom. The summed E-state index contributed by atoms with van der Waals surface area (Å²) in [5.41, 5.74) is 0.726. The van der Waals surface area contributed by atoms with E-state index in [2.05, 4.69) is 0 Å². The Bertz CT molecular complexity index is 531. The van der Waals surface area contributed by atoms with Crippen LogP contribution in [0.25, 0.3) is 0 Å². The summed E-state index contributed by atoms with van der Waals surface area (Å²) in [6, 6.07) is 11.0. The van der Waals surface area contributed by atoms with Gasteiger partial charge in [0.05, 0.1) is 4.34 Å². The molecule has 4 heteroatoms. The van der Waals surface area contributed by atoms with Gasteiger partial charge in [-0.2, -0.15) is 0 Å². The third kappa shape index (κ3) is 3.34. The van der Waals surface area contributed by atoms with Gasteiger partial charge >= 0.3 is 0 Å². The number of thiophene rings is 1. The van der Waals surface area contributed by atoms with Crippen LogP contribution in [0.15, 0.2) is 36.4 Å². The molecule has 94 valence electrons. The summed E-state index contributed by atoms with van der Waals surface area (Å²) in [5.74, 6) is 0.902.